The molecule has 1 aromatic rings. The van der Waals surface area contributed by atoms with Gasteiger partial charge in [-0.3, -0.25) is 9.59 Å². The molecule has 5 nitrogen and oxygen atoms in total. The van der Waals surface area contributed by atoms with E-state index in [1.807, 2.05) is 0 Å². The summed E-state index contributed by atoms with van der Waals surface area (Å²) in [7, 11) is 0. The van der Waals surface area contributed by atoms with Crippen molar-refractivity contribution in [3.05, 3.63) is 30.1 Å². The topological polar surface area (TPSA) is 70.2 Å². The Kier molecular flexibility index (Phi) is 7.52. The van der Waals surface area contributed by atoms with Crippen molar-refractivity contribution in [1.29, 1.82) is 0 Å². The maximum Gasteiger partial charge on any atom is 0.234 e. The summed E-state index contributed by atoms with van der Waals surface area (Å²) in [4.78, 5) is 23.9. The van der Waals surface area contributed by atoms with Crippen LogP contribution in [-0.2, 0) is 9.59 Å². The lowest BCUT2D eigenvalue weighted by Crippen LogP contribution is -2.40. The fraction of sp³-hybridized carbons (Fsp3) is 0.529. The van der Waals surface area contributed by atoms with Gasteiger partial charge in [-0.05, 0) is 63.0 Å². The molecule has 3 N–H and O–H groups in total. The lowest BCUT2D eigenvalue weighted by atomic mass is 10.00. The molecule has 1 saturated heterocycles. The van der Waals surface area contributed by atoms with Gasteiger partial charge in [-0.15, -0.1) is 11.8 Å². The van der Waals surface area contributed by atoms with Crippen molar-refractivity contribution in [2.24, 2.45) is 5.92 Å². The summed E-state index contributed by atoms with van der Waals surface area (Å²) in [5.41, 5.74) is 0.545. The molecule has 1 aliphatic rings. The summed E-state index contributed by atoms with van der Waals surface area (Å²) >= 11 is 1.29. The number of hydrogen-bond donors (Lipinski definition) is 3. The van der Waals surface area contributed by atoms with Crippen molar-refractivity contribution in [2.45, 2.75) is 25.0 Å². The number of halogens is 1. The Morgan fingerprint density at radius 3 is 2.79 bits per heavy atom. The Hall–Kier alpha value is -1.60. The van der Waals surface area contributed by atoms with Crippen LogP contribution >= 0.6 is 11.8 Å². The number of benzene rings is 1. The molecule has 1 aromatic carbocycles. The van der Waals surface area contributed by atoms with E-state index in [1.54, 1.807) is 6.92 Å². The first kappa shape index (κ1) is 18.7. The minimum Gasteiger partial charge on any atom is -0.355 e. The van der Waals surface area contributed by atoms with E-state index >= 15 is 0 Å². The predicted molar refractivity (Wildman–Crippen MR) is 95.6 cm³/mol. The van der Waals surface area contributed by atoms with Crippen LogP contribution in [-0.4, -0.2) is 42.5 Å². The standard InChI is InChI=1S/C17H24FN3O2S/c1-12(17(23)20-10-13-3-2-8-19-9-13)24-11-16(22)21-15-6-4-14(18)5-7-15/h4-7,12-13,19H,2-3,8-11H2,1H3,(H,20,23)(H,21,22). The summed E-state index contributed by atoms with van der Waals surface area (Å²) in [6, 6.07) is 5.59. The van der Waals surface area contributed by atoms with Crippen LogP contribution in [0.1, 0.15) is 19.8 Å². The van der Waals surface area contributed by atoms with E-state index in [2.05, 4.69) is 16.0 Å². The van der Waals surface area contributed by atoms with Gasteiger partial charge in [0, 0.05) is 12.2 Å². The van der Waals surface area contributed by atoms with Gasteiger partial charge in [-0.1, -0.05) is 0 Å². The molecular formula is C17H24FN3O2S. The van der Waals surface area contributed by atoms with Gasteiger partial charge < -0.3 is 16.0 Å². The van der Waals surface area contributed by atoms with Crippen molar-refractivity contribution in [1.82, 2.24) is 10.6 Å². The van der Waals surface area contributed by atoms with Gasteiger partial charge >= 0.3 is 0 Å². The van der Waals surface area contributed by atoms with Gasteiger partial charge in [0.1, 0.15) is 5.82 Å². The second-order valence-electron chi connectivity index (χ2n) is 5.97. The highest BCUT2D eigenvalue weighted by molar-refractivity contribution is 8.01. The Labute approximate surface area is 146 Å². The minimum atomic E-state index is -0.346. The summed E-state index contributed by atoms with van der Waals surface area (Å²) in [5.74, 6) is 0.0714. The van der Waals surface area contributed by atoms with E-state index in [4.69, 9.17) is 0 Å². The first-order valence-electron chi connectivity index (χ1n) is 8.20. The van der Waals surface area contributed by atoms with Crippen LogP contribution in [0, 0.1) is 11.7 Å². The maximum atomic E-state index is 12.8. The number of hydrogen-bond acceptors (Lipinski definition) is 4. The highest BCUT2D eigenvalue weighted by Gasteiger charge is 2.18. The Morgan fingerprint density at radius 1 is 1.38 bits per heavy atom. The van der Waals surface area contributed by atoms with E-state index in [-0.39, 0.29) is 28.6 Å². The molecule has 1 aliphatic heterocycles. The Morgan fingerprint density at radius 2 is 2.12 bits per heavy atom. The number of carbonyl (C=O) groups excluding carboxylic acids is 2. The largest absolute Gasteiger partial charge is 0.355 e. The molecule has 7 heteroatoms. The fourth-order valence-electron chi connectivity index (χ4n) is 2.49. The molecule has 132 valence electrons. The van der Waals surface area contributed by atoms with Crippen molar-refractivity contribution in [3.8, 4) is 0 Å². The zero-order valence-corrected chi connectivity index (χ0v) is 14.6. The molecule has 24 heavy (non-hydrogen) atoms. The van der Waals surface area contributed by atoms with E-state index in [1.165, 1.54) is 36.0 Å². The van der Waals surface area contributed by atoms with Crippen molar-refractivity contribution >= 4 is 29.3 Å². The number of carbonyl (C=O) groups is 2. The maximum absolute atomic E-state index is 12.8. The number of anilines is 1. The van der Waals surface area contributed by atoms with Crippen LogP contribution < -0.4 is 16.0 Å². The van der Waals surface area contributed by atoms with Gasteiger partial charge in [0.05, 0.1) is 11.0 Å². The number of rotatable bonds is 7. The van der Waals surface area contributed by atoms with Crippen LogP contribution in [0.3, 0.4) is 0 Å². The lowest BCUT2D eigenvalue weighted by molar-refractivity contribution is -0.120. The molecule has 2 atom stereocenters. The van der Waals surface area contributed by atoms with Gasteiger partial charge in [0.15, 0.2) is 0 Å². The molecule has 0 aromatic heterocycles. The average Bonchev–Trinajstić information content (AvgIpc) is 2.60. The van der Waals surface area contributed by atoms with Gasteiger partial charge in [-0.2, -0.15) is 0 Å². The first-order valence-corrected chi connectivity index (χ1v) is 9.25. The number of amides is 2. The second kappa shape index (κ2) is 9.64. The SMILES string of the molecule is CC(SCC(=O)Nc1ccc(F)cc1)C(=O)NCC1CCCNC1. The fourth-order valence-corrected chi connectivity index (χ4v) is 3.20. The van der Waals surface area contributed by atoms with Crippen LogP contribution in [0.4, 0.5) is 10.1 Å². The summed E-state index contributed by atoms with van der Waals surface area (Å²) in [6.07, 6.45) is 2.28. The van der Waals surface area contributed by atoms with E-state index < -0.39 is 0 Å². The van der Waals surface area contributed by atoms with Gasteiger partial charge in [0.25, 0.3) is 0 Å². The van der Waals surface area contributed by atoms with Crippen LogP contribution in [0.25, 0.3) is 0 Å². The quantitative estimate of drug-likeness (QED) is 0.701. The molecule has 2 rings (SSSR count). The molecule has 1 heterocycles. The van der Waals surface area contributed by atoms with Crippen LogP contribution in [0.2, 0.25) is 0 Å². The van der Waals surface area contributed by atoms with E-state index in [0.717, 1.165) is 25.9 Å². The molecule has 0 spiro atoms. The van der Waals surface area contributed by atoms with Gasteiger partial charge in [-0.25, -0.2) is 4.39 Å². The average molecular weight is 353 g/mol. The third-order valence-electron chi connectivity index (χ3n) is 3.93. The number of thioether (sulfide) groups is 1. The predicted octanol–water partition coefficient (Wildman–Crippen LogP) is 2.00. The summed E-state index contributed by atoms with van der Waals surface area (Å²) < 4.78 is 12.8. The zero-order chi connectivity index (χ0) is 17.4. The molecule has 0 bridgehead atoms. The van der Waals surface area contributed by atoms with Gasteiger partial charge in [0.2, 0.25) is 11.8 Å². The third kappa shape index (κ3) is 6.49. The highest BCUT2D eigenvalue weighted by Crippen LogP contribution is 2.14. The summed E-state index contributed by atoms with van der Waals surface area (Å²) in [6.45, 7) is 4.48. The molecule has 0 aliphatic carbocycles. The third-order valence-corrected chi connectivity index (χ3v) is 5.07. The molecule has 2 unspecified atom stereocenters. The van der Waals surface area contributed by atoms with Crippen molar-refractivity contribution < 1.29 is 14.0 Å². The number of piperidine rings is 1. The molecule has 0 radical (unpaired) electrons. The van der Waals surface area contributed by atoms with Crippen molar-refractivity contribution in [2.75, 3.05) is 30.7 Å². The monoisotopic (exact) mass is 353 g/mol. The first-order chi connectivity index (χ1) is 11.5. The molecule has 2 amide bonds. The van der Waals surface area contributed by atoms with Crippen LogP contribution in [0.15, 0.2) is 24.3 Å². The number of nitrogens with one attached hydrogen (secondary N) is 3. The van der Waals surface area contributed by atoms with E-state index in [9.17, 15) is 14.0 Å². The minimum absolute atomic E-state index is 0.0415. The highest BCUT2D eigenvalue weighted by atomic mass is 32.2. The Balaban J connectivity index is 1.65. The smallest absolute Gasteiger partial charge is 0.234 e. The molecule has 1 fully saturated rings. The zero-order valence-electron chi connectivity index (χ0n) is 13.8. The normalized spacial score (nSPS) is 18.7. The second-order valence-corrected chi connectivity index (χ2v) is 7.29. The lowest BCUT2D eigenvalue weighted by Gasteiger charge is -2.23. The molecule has 0 saturated carbocycles. The van der Waals surface area contributed by atoms with Crippen LogP contribution in [0.5, 0.6) is 0 Å². The van der Waals surface area contributed by atoms with E-state index in [0.29, 0.717) is 18.2 Å². The Bertz CT molecular complexity index is 547. The summed E-state index contributed by atoms with van der Waals surface area (Å²) in [5, 5.41) is 8.67. The molecular weight excluding hydrogens is 329 g/mol. The van der Waals surface area contributed by atoms with Crippen molar-refractivity contribution in [3.63, 3.8) is 0 Å².